The zero-order chi connectivity index (χ0) is 20.1. The minimum atomic E-state index is -3.73. The number of ether oxygens (including phenoxy) is 2. The number of rotatable bonds is 6. The van der Waals surface area contributed by atoms with Gasteiger partial charge in [-0.05, 0) is 43.0 Å². The van der Waals surface area contributed by atoms with Crippen molar-refractivity contribution >= 4 is 15.7 Å². The van der Waals surface area contributed by atoms with E-state index in [0.29, 0.717) is 16.9 Å². The number of sulfone groups is 1. The van der Waals surface area contributed by atoms with Crippen LogP contribution in [0.3, 0.4) is 0 Å². The van der Waals surface area contributed by atoms with Gasteiger partial charge in [-0.25, -0.2) is 8.42 Å². The Kier molecular flexibility index (Phi) is 6.18. The van der Waals surface area contributed by atoms with E-state index >= 15 is 0 Å². The fourth-order valence-corrected chi connectivity index (χ4v) is 4.79. The van der Waals surface area contributed by atoms with E-state index in [1.807, 2.05) is 0 Å². The molecular formula is C20H24N2O5S. The SMILES string of the molecule is COc1ccc(OC)c(S(=O)(=O)Cc2cncc(C(=O)N3CCCCC3)c2)c1. The molecule has 0 atom stereocenters. The Morgan fingerprint density at radius 2 is 1.82 bits per heavy atom. The van der Waals surface area contributed by atoms with Gasteiger partial charge in [0.25, 0.3) is 5.91 Å². The number of carbonyl (C=O) groups is 1. The summed E-state index contributed by atoms with van der Waals surface area (Å²) >= 11 is 0. The van der Waals surface area contributed by atoms with Crippen LogP contribution in [0, 0.1) is 0 Å². The molecule has 1 fully saturated rings. The van der Waals surface area contributed by atoms with E-state index < -0.39 is 9.84 Å². The molecule has 7 nitrogen and oxygen atoms in total. The first kappa shape index (κ1) is 20.1. The van der Waals surface area contributed by atoms with Crippen molar-refractivity contribution in [2.24, 2.45) is 0 Å². The zero-order valence-electron chi connectivity index (χ0n) is 16.1. The summed E-state index contributed by atoms with van der Waals surface area (Å²) in [5.41, 5.74) is 0.861. The number of likely N-dealkylation sites (tertiary alicyclic amines) is 1. The molecule has 8 heteroatoms. The Morgan fingerprint density at radius 3 is 2.50 bits per heavy atom. The third-order valence-electron chi connectivity index (χ3n) is 4.75. The Morgan fingerprint density at radius 1 is 1.07 bits per heavy atom. The molecule has 1 aromatic heterocycles. The van der Waals surface area contributed by atoms with Crippen LogP contribution in [-0.4, -0.2) is 51.5 Å². The lowest BCUT2D eigenvalue weighted by Gasteiger charge is -2.26. The van der Waals surface area contributed by atoms with Crippen LogP contribution in [0.4, 0.5) is 0 Å². The molecule has 1 aromatic carbocycles. The first-order valence-electron chi connectivity index (χ1n) is 9.12. The minimum absolute atomic E-state index is 0.0436. The highest BCUT2D eigenvalue weighted by molar-refractivity contribution is 7.90. The Bertz CT molecular complexity index is 953. The molecular weight excluding hydrogens is 380 g/mol. The Labute approximate surface area is 165 Å². The van der Waals surface area contributed by atoms with Gasteiger partial charge in [0.2, 0.25) is 0 Å². The molecule has 28 heavy (non-hydrogen) atoms. The topological polar surface area (TPSA) is 85.8 Å². The van der Waals surface area contributed by atoms with Crippen molar-refractivity contribution in [2.45, 2.75) is 29.9 Å². The van der Waals surface area contributed by atoms with Gasteiger partial charge in [0.1, 0.15) is 16.4 Å². The van der Waals surface area contributed by atoms with Crippen molar-refractivity contribution in [3.8, 4) is 11.5 Å². The summed E-state index contributed by atoms with van der Waals surface area (Å²) in [6, 6.07) is 6.23. The van der Waals surface area contributed by atoms with Gasteiger partial charge in [-0.15, -0.1) is 0 Å². The standard InChI is InChI=1S/C20H24N2O5S/c1-26-17-6-7-18(27-2)19(11-17)28(24,25)14-15-10-16(13-21-12-15)20(23)22-8-4-3-5-9-22/h6-7,10-13H,3-5,8-9,14H2,1-2H3. The molecule has 3 rings (SSSR count). The summed E-state index contributed by atoms with van der Waals surface area (Å²) < 4.78 is 36.3. The molecule has 2 aromatic rings. The quantitative estimate of drug-likeness (QED) is 0.736. The Hall–Kier alpha value is -2.61. The van der Waals surface area contributed by atoms with Crippen LogP contribution in [0.1, 0.15) is 35.2 Å². The lowest BCUT2D eigenvalue weighted by atomic mass is 10.1. The number of aromatic nitrogens is 1. The van der Waals surface area contributed by atoms with Crippen molar-refractivity contribution in [1.29, 1.82) is 0 Å². The van der Waals surface area contributed by atoms with Crippen molar-refractivity contribution in [1.82, 2.24) is 9.88 Å². The lowest BCUT2D eigenvalue weighted by molar-refractivity contribution is 0.0723. The van der Waals surface area contributed by atoms with Gasteiger partial charge < -0.3 is 14.4 Å². The molecule has 150 valence electrons. The van der Waals surface area contributed by atoms with E-state index in [4.69, 9.17) is 9.47 Å². The summed E-state index contributed by atoms with van der Waals surface area (Å²) in [4.78, 5) is 18.6. The van der Waals surface area contributed by atoms with Crippen LogP contribution >= 0.6 is 0 Å². The second-order valence-corrected chi connectivity index (χ2v) is 8.67. The molecule has 0 unspecified atom stereocenters. The Balaban J connectivity index is 1.86. The zero-order valence-corrected chi connectivity index (χ0v) is 16.9. The van der Waals surface area contributed by atoms with E-state index in [-0.39, 0.29) is 22.3 Å². The van der Waals surface area contributed by atoms with Crippen LogP contribution in [0.25, 0.3) is 0 Å². The normalized spacial score (nSPS) is 14.6. The van der Waals surface area contributed by atoms with E-state index in [1.165, 1.54) is 32.7 Å². The second kappa shape index (κ2) is 8.60. The van der Waals surface area contributed by atoms with E-state index in [0.717, 1.165) is 32.4 Å². The van der Waals surface area contributed by atoms with Crippen LogP contribution < -0.4 is 9.47 Å². The molecule has 1 aliphatic rings. The molecule has 1 aliphatic heterocycles. The van der Waals surface area contributed by atoms with Crippen LogP contribution in [-0.2, 0) is 15.6 Å². The molecule has 2 heterocycles. The number of hydrogen-bond acceptors (Lipinski definition) is 6. The van der Waals surface area contributed by atoms with Gasteiger partial charge in [0, 0.05) is 31.5 Å². The molecule has 0 N–H and O–H groups in total. The highest BCUT2D eigenvalue weighted by Gasteiger charge is 2.23. The summed E-state index contributed by atoms with van der Waals surface area (Å²) in [7, 11) is -0.839. The van der Waals surface area contributed by atoms with Gasteiger partial charge in [0.15, 0.2) is 9.84 Å². The summed E-state index contributed by atoms with van der Waals surface area (Å²) in [6.45, 7) is 1.45. The molecule has 1 amide bonds. The van der Waals surface area contributed by atoms with Gasteiger partial charge in [-0.1, -0.05) is 0 Å². The van der Waals surface area contributed by atoms with Crippen LogP contribution in [0.5, 0.6) is 11.5 Å². The highest BCUT2D eigenvalue weighted by atomic mass is 32.2. The van der Waals surface area contributed by atoms with Gasteiger partial charge in [0.05, 0.1) is 25.5 Å². The molecule has 0 bridgehead atoms. The summed E-state index contributed by atoms with van der Waals surface area (Å²) in [5.74, 6) is 0.274. The lowest BCUT2D eigenvalue weighted by Crippen LogP contribution is -2.35. The number of pyridine rings is 1. The fraction of sp³-hybridized carbons (Fsp3) is 0.400. The van der Waals surface area contributed by atoms with E-state index in [1.54, 1.807) is 23.1 Å². The predicted octanol–water partition coefficient (Wildman–Crippen LogP) is 2.70. The van der Waals surface area contributed by atoms with Crippen molar-refractivity contribution < 1.29 is 22.7 Å². The first-order valence-corrected chi connectivity index (χ1v) is 10.8. The van der Waals surface area contributed by atoms with E-state index in [9.17, 15) is 13.2 Å². The van der Waals surface area contributed by atoms with E-state index in [2.05, 4.69) is 4.98 Å². The average Bonchev–Trinajstić information content (AvgIpc) is 2.73. The number of carbonyl (C=O) groups excluding carboxylic acids is 1. The molecule has 0 saturated carbocycles. The van der Waals surface area contributed by atoms with Gasteiger partial charge in [-0.3, -0.25) is 9.78 Å². The van der Waals surface area contributed by atoms with Crippen molar-refractivity contribution in [2.75, 3.05) is 27.3 Å². The smallest absolute Gasteiger partial charge is 0.255 e. The molecule has 0 spiro atoms. The third-order valence-corrected chi connectivity index (χ3v) is 6.45. The minimum Gasteiger partial charge on any atom is -0.497 e. The first-order chi connectivity index (χ1) is 13.4. The maximum Gasteiger partial charge on any atom is 0.255 e. The number of hydrogen-bond donors (Lipinski definition) is 0. The number of piperidine rings is 1. The van der Waals surface area contributed by atoms with Crippen LogP contribution in [0.2, 0.25) is 0 Å². The largest absolute Gasteiger partial charge is 0.497 e. The number of benzene rings is 1. The molecule has 1 saturated heterocycles. The number of methoxy groups -OCH3 is 2. The second-order valence-electron chi connectivity index (χ2n) is 6.71. The average molecular weight is 404 g/mol. The predicted molar refractivity (Wildman–Crippen MR) is 104 cm³/mol. The van der Waals surface area contributed by atoms with Gasteiger partial charge in [-0.2, -0.15) is 0 Å². The fourth-order valence-electron chi connectivity index (χ4n) is 3.29. The maximum atomic E-state index is 13.0. The molecule has 0 radical (unpaired) electrons. The van der Waals surface area contributed by atoms with Crippen molar-refractivity contribution in [3.63, 3.8) is 0 Å². The van der Waals surface area contributed by atoms with Crippen molar-refractivity contribution in [3.05, 3.63) is 47.8 Å². The van der Waals surface area contributed by atoms with Gasteiger partial charge >= 0.3 is 0 Å². The highest BCUT2D eigenvalue weighted by Crippen LogP contribution is 2.30. The number of nitrogens with zero attached hydrogens (tertiary/aromatic N) is 2. The maximum absolute atomic E-state index is 13.0. The number of amides is 1. The summed E-state index contributed by atoms with van der Waals surface area (Å²) in [6.07, 6.45) is 6.06. The third kappa shape index (κ3) is 4.44. The van der Waals surface area contributed by atoms with Crippen LogP contribution in [0.15, 0.2) is 41.6 Å². The summed E-state index contributed by atoms with van der Waals surface area (Å²) in [5, 5.41) is 0. The monoisotopic (exact) mass is 404 g/mol. The molecule has 0 aliphatic carbocycles.